The van der Waals surface area contributed by atoms with Crippen LogP contribution in [0.4, 0.5) is 0 Å². The molecule has 3 aliphatic heterocycles. The van der Waals surface area contributed by atoms with Crippen molar-refractivity contribution in [2.45, 2.75) is 38.5 Å². The van der Waals surface area contributed by atoms with Crippen molar-refractivity contribution in [3.63, 3.8) is 0 Å². The van der Waals surface area contributed by atoms with Gasteiger partial charge >= 0.3 is 0 Å². The van der Waals surface area contributed by atoms with E-state index >= 15 is 0 Å². The van der Waals surface area contributed by atoms with Crippen molar-refractivity contribution in [3.8, 4) is 11.3 Å². The van der Waals surface area contributed by atoms with Crippen LogP contribution >= 0.6 is 0 Å². The Morgan fingerprint density at radius 1 is 0.946 bits per heavy atom. The zero-order valence-electron chi connectivity index (χ0n) is 20.6. The van der Waals surface area contributed by atoms with E-state index in [1.54, 1.807) is 11.1 Å². The van der Waals surface area contributed by atoms with Crippen LogP contribution in [0.15, 0.2) is 59.5 Å². The number of rotatable bonds is 6. The first-order valence-electron chi connectivity index (χ1n) is 12.7. The summed E-state index contributed by atoms with van der Waals surface area (Å²) in [7, 11) is 0. The molecule has 1 atom stereocenters. The van der Waals surface area contributed by atoms with Crippen LogP contribution in [0.3, 0.4) is 0 Å². The van der Waals surface area contributed by atoms with E-state index in [1.807, 2.05) is 18.2 Å². The minimum atomic E-state index is -0.580. The fourth-order valence-corrected chi connectivity index (χ4v) is 5.58. The molecular formula is C28H29N5O4. The quantitative estimate of drug-likeness (QED) is 0.520. The highest BCUT2D eigenvalue weighted by atomic mass is 16.3. The van der Waals surface area contributed by atoms with Crippen molar-refractivity contribution in [1.29, 1.82) is 0 Å². The van der Waals surface area contributed by atoms with Crippen LogP contribution in [-0.2, 0) is 29.2 Å². The number of nitrogens with zero attached hydrogens (tertiary/aromatic N) is 4. The third kappa shape index (κ3) is 4.80. The van der Waals surface area contributed by atoms with Gasteiger partial charge in [0.05, 0.1) is 6.20 Å². The van der Waals surface area contributed by atoms with E-state index in [2.05, 4.69) is 44.4 Å². The summed E-state index contributed by atoms with van der Waals surface area (Å²) in [6.07, 6.45) is 3.86. The molecule has 0 saturated carbocycles. The van der Waals surface area contributed by atoms with Gasteiger partial charge in [-0.25, -0.2) is 4.98 Å². The van der Waals surface area contributed by atoms with Gasteiger partial charge in [0.1, 0.15) is 6.04 Å². The molecule has 0 spiro atoms. The van der Waals surface area contributed by atoms with Gasteiger partial charge in [0.25, 0.3) is 5.91 Å². The number of piperidine rings is 1. The number of piperazine rings is 1. The maximum Gasteiger partial charge on any atom is 0.255 e. The predicted octanol–water partition coefficient (Wildman–Crippen LogP) is 2.42. The van der Waals surface area contributed by atoms with Gasteiger partial charge in [0, 0.05) is 63.4 Å². The van der Waals surface area contributed by atoms with Gasteiger partial charge in [-0.05, 0) is 29.2 Å². The SMILES string of the molecule is O=C1CCC(N2Cc3cc(CN4CCN(Cc5ccccc5-c5cnco5)CC4)ccc3C2=O)C(=O)N1. The molecule has 37 heavy (non-hydrogen) atoms. The lowest BCUT2D eigenvalue weighted by molar-refractivity contribution is -0.136. The molecule has 1 unspecified atom stereocenters. The van der Waals surface area contributed by atoms with Crippen LogP contribution in [0, 0.1) is 0 Å². The summed E-state index contributed by atoms with van der Waals surface area (Å²) in [6, 6.07) is 13.7. The third-order valence-electron chi connectivity index (χ3n) is 7.57. The maximum absolute atomic E-state index is 12.9. The number of amides is 3. The van der Waals surface area contributed by atoms with E-state index in [1.165, 1.54) is 17.5 Å². The first-order valence-corrected chi connectivity index (χ1v) is 12.7. The molecule has 6 rings (SSSR count). The van der Waals surface area contributed by atoms with Crippen LogP contribution in [0.5, 0.6) is 0 Å². The molecule has 2 fully saturated rings. The summed E-state index contributed by atoms with van der Waals surface area (Å²) < 4.78 is 5.53. The van der Waals surface area contributed by atoms with Crippen molar-refractivity contribution in [2.75, 3.05) is 26.2 Å². The second-order valence-electron chi connectivity index (χ2n) is 9.97. The molecule has 1 N–H and O–H groups in total. The number of hydrogen-bond acceptors (Lipinski definition) is 7. The predicted molar refractivity (Wildman–Crippen MR) is 135 cm³/mol. The van der Waals surface area contributed by atoms with E-state index in [0.717, 1.165) is 56.2 Å². The lowest BCUT2D eigenvalue weighted by Crippen LogP contribution is -2.52. The molecule has 9 heteroatoms. The molecule has 190 valence electrons. The highest BCUT2D eigenvalue weighted by molar-refractivity contribution is 6.05. The molecule has 9 nitrogen and oxygen atoms in total. The Kier molecular flexibility index (Phi) is 6.31. The van der Waals surface area contributed by atoms with Crippen molar-refractivity contribution >= 4 is 17.7 Å². The molecule has 0 aliphatic carbocycles. The molecule has 3 amide bonds. The number of nitrogens with one attached hydrogen (secondary N) is 1. The monoisotopic (exact) mass is 499 g/mol. The van der Waals surface area contributed by atoms with Gasteiger partial charge in [-0.3, -0.25) is 29.5 Å². The molecule has 3 aliphatic rings. The van der Waals surface area contributed by atoms with Gasteiger partial charge in [-0.1, -0.05) is 36.4 Å². The van der Waals surface area contributed by atoms with Gasteiger partial charge in [0.15, 0.2) is 12.2 Å². The van der Waals surface area contributed by atoms with E-state index in [9.17, 15) is 14.4 Å². The Balaban J connectivity index is 1.06. The fraction of sp³-hybridized carbons (Fsp3) is 0.357. The van der Waals surface area contributed by atoms with Crippen molar-refractivity contribution in [1.82, 2.24) is 25.0 Å². The molecule has 0 bridgehead atoms. The van der Waals surface area contributed by atoms with E-state index in [-0.39, 0.29) is 24.1 Å². The number of oxazole rings is 1. The highest BCUT2D eigenvalue weighted by Crippen LogP contribution is 2.29. The average molecular weight is 500 g/mol. The van der Waals surface area contributed by atoms with Crippen molar-refractivity contribution in [3.05, 3.63) is 77.3 Å². The Hall–Kier alpha value is -3.82. The Bertz CT molecular complexity index is 1330. The minimum absolute atomic E-state index is 0.129. The van der Waals surface area contributed by atoms with Gasteiger partial charge in [0.2, 0.25) is 11.8 Å². The number of benzene rings is 2. The Morgan fingerprint density at radius 2 is 1.73 bits per heavy atom. The summed E-state index contributed by atoms with van der Waals surface area (Å²) in [6.45, 7) is 5.96. The van der Waals surface area contributed by atoms with Gasteiger partial charge in [-0.2, -0.15) is 0 Å². The second kappa shape index (κ2) is 9.91. The normalized spacial score (nSPS) is 20.8. The van der Waals surface area contributed by atoms with Crippen LogP contribution in [-0.4, -0.2) is 69.6 Å². The lowest BCUT2D eigenvalue weighted by atomic mass is 10.0. The molecule has 2 aromatic carbocycles. The minimum Gasteiger partial charge on any atom is -0.444 e. The second-order valence-corrected chi connectivity index (χ2v) is 9.97. The molecule has 3 aromatic rings. The zero-order valence-corrected chi connectivity index (χ0v) is 20.6. The summed E-state index contributed by atoms with van der Waals surface area (Å²) in [5, 5.41) is 2.36. The van der Waals surface area contributed by atoms with Crippen LogP contribution in [0.1, 0.15) is 39.9 Å². The zero-order chi connectivity index (χ0) is 25.4. The smallest absolute Gasteiger partial charge is 0.255 e. The molecule has 2 saturated heterocycles. The number of aromatic nitrogens is 1. The van der Waals surface area contributed by atoms with Crippen molar-refractivity contribution < 1.29 is 18.8 Å². The first kappa shape index (κ1) is 23.6. The Labute approximate surface area is 215 Å². The van der Waals surface area contributed by atoms with E-state index in [4.69, 9.17) is 4.42 Å². The molecule has 4 heterocycles. The number of hydrogen-bond donors (Lipinski definition) is 1. The summed E-state index contributed by atoms with van der Waals surface area (Å²) in [4.78, 5) is 47.3. The molecule has 0 radical (unpaired) electrons. The van der Waals surface area contributed by atoms with Gasteiger partial charge < -0.3 is 9.32 Å². The topological polar surface area (TPSA) is 99.0 Å². The van der Waals surface area contributed by atoms with Crippen LogP contribution in [0.25, 0.3) is 11.3 Å². The van der Waals surface area contributed by atoms with Crippen LogP contribution < -0.4 is 5.32 Å². The maximum atomic E-state index is 12.9. The van der Waals surface area contributed by atoms with E-state index < -0.39 is 6.04 Å². The Morgan fingerprint density at radius 3 is 2.49 bits per heavy atom. The summed E-state index contributed by atoms with van der Waals surface area (Å²) in [5.41, 5.74) is 5.09. The first-order chi connectivity index (χ1) is 18.0. The van der Waals surface area contributed by atoms with Gasteiger partial charge in [-0.15, -0.1) is 0 Å². The van der Waals surface area contributed by atoms with E-state index in [0.29, 0.717) is 18.5 Å². The molecule has 1 aromatic heterocycles. The fourth-order valence-electron chi connectivity index (χ4n) is 5.58. The summed E-state index contributed by atoms with van der Waals surface area (Å²) >= 11 is 0. The summed E-state index contributed by atoms with van der Waals surface area (Å²) in [5.74, 6) is 0.0153. The van der Waals surface area contributed by atoms with Crippen LogP contribution in [0.2, 0.25) is 0 Å². The number of imide groups is 1. The van der Waals surface area contributed by atoms with Crippen molar-refractivity contribution in [2.24, 2.45) is 0 Å². The number of carbonyl (C=O) groups excluding carboxylic acids is 3. The standard InChI is InChI=1S/C28H29N5O4/c34-26-8-7-24(27(35)30-26)33-17-21-13-19(5-6-23(21)28(33)36)15-31-9-11-32(12-10-31)16-20-3-1-2-4-22(20)25-14-29-18-37-25/h1-6,13-14,18,24H,7-12,15-17H2,(H,30,34,35). The lowest BCUT2D eigenvalue weighted by Gasteiger charge is -2.35. The number of fused-ring (bicyclic) bond motifs is 1. The molecular weight excluding hydrogens is 470 g/mol. The number of carbonyl (C=O) groups is 3. The largest absolute Gasteiger partial charge is 0.444 e. The highest BCUT2D eigenvalue weighted by Gasteiger charge is 2.39. The average Bonchev–Trinajstić information content (AvgIpc) is 3.54. The third-order valence-corrected chi connectivity index (χ3v) is 7.57.